The van der Waals surface area contributed by atoms with Crippen LogP contribution in [-0.2, 0) is 9.59 Å². The predicted molar refractivity (Wildman–Crippen MR) is 97.5 cm³/mol. The van der Waals surface area contributed by atoms with Gasteiger partial charge in [0, 0.05) is 31.9 Å². The molecule has 2 amide bonds. The molecule has 0 aliphatic carbocycles. The van der Waals surface area contributed by atoms with Gasteiger partial charge in [0.25, 0.3) is 5.91 Å². The van der Waals surface area contributed by atoms with E-state index in [2.05, 4.69) is 21.9 Å². The van der Waals surface area contributed by atoms with Crippen molar-refractivity contribution >= 4 is 23.2 Å². The summed E-state index contributed by atoms with van der Waals surface area (Å²) in [4.78, 5) is 30.7. The Labute approximate surface area is 151 Å². The van der Waals surface area contributed by atoms with Crippen molar-refractivity contribution < 1.29 is 14.0 Å². The molecule has 2 fully saturated rings. The molecule has 2 aliphatic heterocycles. The van der Waals surface area contributed by atoms with Crippen LogP contribution >= 0.6 is 0 Å². The Morgan fingerprint density at radius 2 is 1.54 bits per heavy atom. The number of hydrogen-bond donors (Lipinski definition) is 0. The molecule has 0 spiro atoms. The lowest BCUT2D eigenvalue weighted by Gasteiger charge is -2.38. The highest BCUT2D eigenvalue weighted by atomic mass is 19.1. The quantitative estimate of drug-likeness (QED) is 0.794. The highest BCUT2D eigenvalue weighted by Gasteiger charge is 2.43. The van der Waals surface area contributed by atoms with Crippen molar-refractivity contribution in [2.24, 2.45) is 0 Å². The summed E-state index contributed by atoms with van der Waals surface area (Å²) in [5, 5.41) is 0. The Kier molecular flexibility index (Phi) is 4.42. The fraction of sp³-hybridized carbons (Fsp3) is 0.300. The summed E-state index contributed by atoms with van der Waals surface area (Å²) in [5.41, 5.74) is 1.48. The fourth-order valence-electron chi connectivity index (χ4n) is 3.72. The average molecular weight is 353 g/mol. The Hall–Kier alpha value is -2.73. The molecular weight excluding hydrogens is 333 g/mol. The molecule has 0 aromatic heterocycles. The van der Waals surface area contributed by atoms with Crippen LogP contribution in [0, 0.1) is 5.82 Å². The standard InChI is InChI=1S/C20H20FN3O2/c21-15-5-4-8-17(13-15)24-19(25)14-18(20(24)26)23-11-9-22(10-12-23)16-6-2-1-3-7-16/h1-8,13,18H,9-12,14H2. The van der Waals surface area contributed by atoms with Crippen LogP contribution in [0.25, 0.3) is 0 Å². The van der Waals surface area contributed by atoms with Crippen molar-refractivity contribution in [3.05, 3.63) is 60.4 Å². The molecule has 5 nitrogen and oxygen atoms in total. The summed E-state index contributed by atoms with van der Waals surface area (Å²) in [6.07, 6.45) is 0.153. The van der Waals surface area contributed by atoms with E-state index < -0.39 is 11.9 Å². The lowest BCUT2D eigenvalue weighted by molar-refractivity contribution is -0.123. The maximum atomic E-state index is 13.5. The van der Waals surface area contributed by atoms with Crippen LogP contribution in [0.2, 0.25) is 0 Å². The lowest BCUT2D eigenvalue weighted by atomic mass is 10.1. The van der Waals surface area contributed by atoms with E-state index in [1.807, 2.05) is 18.2 Å². The molecule has 0 N–H and O–H groups in total. The minimum Gasteiger partial charge on any atom is -0.369 e. The van der Waals surface area contributed by atoms with Crippen molar-refractivity contribution in [3.63, 3.8) is 0 Å². The molecule has 0 bridgehead atoms. The van der Waals surface area contributed by atoms with Crippen LogP contribution in [0.3, 0.4) is 0 Å². The number of benzene rings is 2. The van der Waals surface area contributed by atoms with Gasteiger partial charge in [-0.1, -0.05) is 24.3 Å². The normalized spacial score (nSPS) is 21.5. The first-order chi connectivity index (χ1) is 12.6. The molecule has 2 aliphatic rings. The summed E-state index contributed by atoms with van der Waals surface area (Å²) >= 11 is 0. The molecule has 26 heavy (non-hydrogen) atoms. The van der Waals surface area contributed by atoms with E-state index in [9.17, 15) is 14.0 Å². The number of hydrogen-bond acceptors (Lipinski definition) is 4. The number of para-hydroxylation sites is 1. The second-order valence-corrected chi connectivity index (χ2v) is 6.63. The number of carbonyl (C=O) groups excluding carboxylic acids is 2. The van der Waals surface area contributed by atoms with Gasteiger partial charge in [-0.05, 0) is 30.3 Å². The number of carbonyl (C=O) groups is 2. The van der Waals surface area contributed by atoms with E-state index in [4.69, 9.17) is 0 Å². The summed E-state index contributed by atoms with van der Waals surface area (Å²) in [6.45, 7) is 3.05. The minimum atomic E-state index is -0.456. The van der Waals surface area contributed by atoms with Crippen LogP contribution in [0.1, 0.15) is 6.42 Å². The van der Waals surface area contributed by atoms with Gasteiger partial charge in [-0.15, -0.1) is 0 Å². The second kappa shape index (κ2) is 6.88. The minimum absolute atomic E-state index is 0.153. The van der Waals surface area contributed by atoms with E-state index in [1.54, 1.807) is 6.07 Å². The molecule has 2 aromatic carbocycles. The van der Waals surface area contributed by atoms with Gasteiger partial charge < -0.3 is 4.90 Å². The molecule has 2 aromatic rings. The van der Waals surface area contributed by atoms with Crippen molar-refractivity contribution in [2.45, 2.75) is 12.5 Å². The average Bonchev–Trinajstić information content (AvgIpc) is 2.97. The molecule has 0 saturated carbocycles. The van der Waals surface area contributed by atoms with Crippen molar-refractivity contribution in [1.29, 1.82) is 0 Å². The summed E-state index contributed by atoms with van der Waals surface area (Å²) in [5.74, 6) is -0.979. The third-order valence-electron chi connectivity index (χ3n) is 5.07. The Morgan fingerprint density at radius 3 is 2.23 bits per heavy atom. The Balaban J connectivity index is 1.45. The van der Waals surface area contributed by atoms with Gasteiger partial charge in [0.15, 0.2) is 0 Å². The number of rotatable bonds is 3. The van der Waals surface area contributed by atoms with Gasteiger partial charge in [0.05, 0.1) is 18.2 Å². The van der Waals surface area contributed by atoms with Crippen molar-refractivity contribution in [1.82, 2.24) is 4.90 Å². The first kappa shape index (κ1) is 16.7. The fourth-order valence-corrected chi connectivity index (χ4v) is 3.72. The summed E-state index contributed by atoms with van der Waals surface area (Å²) in [7, 11) is 0. The first-order valence-electron chi connectivity index (χ1n) is 8.80. The van der Waals surface area contributed by atoms with Crippen LogP contribution in [0.15, 0.2) is 54.6 Å². The summed E-state index contributed by atoms with van der Waals surface area (Å²) < 4.78 is 13.5. The third-order valence-corrected chi connectivity index (χ3v) is 5.07. The van der Waals surface area contributed by atoms with Crippen LogP contribution < -0.4 is 9.80 Å². The molecule has 2 saturated heterocycles. The van der Waals surface area contributed by atoms with Crippen molar-refractivity contribution in [3.8, 4) is 0 Å². The molecule has 134 valence electrons. The maximum Gasteiger partial charge on any atom is 0.251 e. The molecule has 1 atom stereocenters. The van der Waals surface area contributed by atoms with Gasteiger partial charge in [-0.25, -0.2) is 9.29 Å². The van der Waals surface area contributed by atoms with E-state index in [0.29, 0.717) is 5.69 Å². The highest BCUT2D eigenvalue weighted by Crippen LogP contribution is 2.27. The van der Waals surface area contributed by atoms with E-state index in [-0.39, 0.29) is 18.2 Å². The van der Waals surface area contributed by atoms with E-state index in [1.165, 1.54) is 23.9 Å². The molecule has 0 radical (unpaired) electrons. The largest absolute Gasteiger partial charge is 0.369 e. The Bertz CT molecular complexity index is 819. The molecule has 6 heteroatoms. The van der Waals surface area contributed by atoms with Crippen LogP contribution in [-0.4, -0.2) is 48.9 Å². The zero-order valence-corrected chi connectivity index (χ0v) is 14.3. The van der Waals surface area contributed by atoms with Gasteiger partial charge >= 0.3 is 0 Å². The monoisotopic (exact) mass is 353 g/mol. The van der Waals surface area contributed by atoms with E-state index >= 15 is 0 Å². The van der Waals surface area contributed by atoms with Gasteiger partial charge in [0.2, 0.25) is 5.91 Å². The predicted octanol–water partition coefficient (Wildman–Crippen LogP) is 2.28. The number of halogens is 1. The number of amides is 2. The molecular formula is C20H20FN3O2. The lowest BCUT2D eigenvalue weighted by Crippen LogP contribution is -2.52. The second-order valence-electron chi connectivity index (χ2n) is 6.63. The molecule has 2 heterocycles. The molecule has 4 rings (SSSR count). The topological polar surface area (TPSA) is 43.9 Å². The van der Waals surface area contributed by atoms with Gasteiger partial charge in [-0.3, -0.25) is 14.5 Å². The zero-order chi connectivity index (χ0) is 18.1. The smallest absolute Gasteiger partial charge is 0.251 e. The maximum absolute atomic E-state index is 13.5. The van der Waals surface area contributed by atoms with Crippen LogP contribution in [0.5, 0.6) is 0 Å². The number of anilines is 2. The van der Waals surface area contributed by atoms with Crippen molar-refractivity contribution in [2.75, 3.05) is 36.0 Å². The van der Waals surface area contributed by atoms with E-state index in [0.717, 1.165) is 31.1 Å². The molecule has 1 unspecified atom stereocenters. The van der Waals surface area contributed by atoms with Gasteiger partial charge in [0.1, 0.15) is 5.82 Å². The number of imide groups is 1. The highest BCUT2D eigenvalue weighted by molar-refractivity contribution is 6.22. The number of nitrogens with zero attached hydrogens (tertiary/aromatic N) is 3. The zero-order valence-electron chi connectivity index (χ0n) is 14.3. The van der Waals surface area contributed by atoms with Gasteiger partial charge in [-0.2, -0.15) is 0 Å². The third kappa shape index (κ3) is 3.08. The summed E-state index contributed by atoms with van der Waals surface area (Å²) in [6, 6.07) is 15.3. The number of piperazine rings is 1. The SMILES string of the molecule is O=C1CC(N2CCN(c3ccccc3)CC2)C(=O)N1c1cccc(F)c1. The Morgan fingerprint density at radius 1 is 0.846 bits per heavy atom. The van der Waals surface area contributed by atoms with Crippen LogP contribution in [0.4, 0.5) is 15.8 Å². The first-order valence-corrected chi connectivity index (χ1v) is 8.80.